The molecule has 0 saturated heterocycles. The Labute approximate surface area is 183 Å². The summed E-state index contributed by atoms with van der Waals surface area (Å²) in [5.74, 6) is -0.465. The van der Waals surface area contributed by atoms with Gasteiger partial charge in [0, 0.05) is 12.8 Å². The lowest BCUT2D eigenvalue weighted by Gasteiger charge is -2.05. The normalized spacial score (nSPS) is 10.8. The molecule has 0 amide bonds. The second-order valence-corrected chi connectivity index (χ2v) is 8.37. The van der Waals surface area contributed by atoms with Gasteiger partial charge in [-0.15, -0.1) is 0 Å². The van der Waals surface area contributed by atoms with Crippen LogP contribution in [0.25, 0.3) is 11.1 Å². The molecular formula is C28H38O2. The zero-order valence-corrected chi connectivity index (χ0v) is 18.7. The number of carbonyl (C=O) groups excluding carboxylic acids is 2. The Bertz CT molecular complexity index is 731. The first-order valence-electron chi connectivity index (χ1n) is 11.9. The molecule has 0 aliphatic carbocycles. The van der Waals surface area contributed by atoms with E-state index in [0.29, 0.717) is 6.42 Å². The van der Waals surface area contributed by atoms with Crippen LogP contribution in [0.1, 0.15) is 89.5 Å². The monoisotopic (exact) mass is 406 g/mol. The molecule has 0 radical (unpaired) electrons. The molecule has 0 aliphatic heterocycles. The Morgan fingerprint density at radius 1 is 0.567 bits per heavy atom. The fraction of sp³-hybridized carbons (Fsp3) is 0.500. The highest BCUT2D eigenvalue weighted by atomic mass is 16.2. The second-order valence-electron chi connectivity index (χ2n) is 8.37. The molecule has 2 heteroatoms. The number of hydrogen-bond acceptors (Lipinski definition) is 2. The summed E-state index contributed by atoms with van der Waals surface area (Å²) in [5, 5.41) is 0. The predicted molar refractivity (Wildman–Crippen MR) is 127 cm³/mol. The van der Waals surface area contributed by atoms with Crippen LogP contribution in [0.15, 0.2) is 54.6 Å². The number of carbonyl (C=O) groups is 2. The Morgan fingerprint density at radius 3 is 1.63 bits per heavy atom. The summed E-state index contributed by atoms with van der Waals surface area (Å²) < 4.78 is 0. The van der Waals surface area contributed by atoms with Crippen molar-refractivity contribution in [1.29, 1.82) is 0 Å². The van der Waals surface area contributed by atoms with Crippen molar-refractivity contribution in [1.82, 2.24) is 0 Å². The summed E-state index contributed by atoms with van der Waals surface area (Å²) in [7, 11) is 0. The Hall–Kier alpha value is -2.22. The van der Waals surface area contributed by atoms with Crippen molar-refractivity contribution in [3.05, 3.63) is 60.2 Å². The molecule has 0 aliphatic rings. The average Bonchev–Trinajstić information content (AvgIpc) is 2.78. The molecule has 0 heterocycles. The molecule has 0 spiro atoms. The number of Topliss-reactive ketones (excluding diaryl/α,β-unsaturated/α-hetero) is 2. The van der Waals surface area contributed by atoms with Gasteiger partial charge in [-0.25, -0.2) is 0 Å². The molecule has 0 bridgehead atoms. The van der Waals surface area contributed by atoms with E-state index in [1.54, 1.807) is 0 Å². The predicted octanol–water partition coefficient (Wildman–Crippen LogP) is 7.74. The first-order valence-corrected chi connectivity index (χ1v) is 11.9. The van der Waals surface area contributed by atoms with Gasteiger partial charge in [-0.3, -0.25) is 9.59 Å². The zero-order valence-electron chi connectivity index (χ0n) is 18.7. The summed E-state index contributed by atoms with van der Waals surface area (Å²) in [6.07, 6.45) is 14.4. The molecule has 0 saturated carbocycles. The number of hydrogen-bond donors (Lipinski definition) is 0. The van der Waals surface area contributed by atoms with E-state index in [0.717, 1.165) is 29.5 Å². The summed E-state index contributed by atoms with van der Waals surface area (Å²) in [4.78, 5) is 24.4. The third kappa shape index (κ3) is 9.52. The van der Waals surface area contributed by atoms with Crippen LogP contribution in [0.3, 0.4) is 0 Å². The van der Waals surface area contributed by atoms with Gasteiger partial charge in [0.1, 0.15) is 0 Å². The van der Waals surface area contributed by atoms with Crippen LogP contribution in [0.4, 0.5) is 0 Å². The van der Waals surface area contributed by atoms with Crippen molar-refractivity contribution in [2.45, 2.75) is 90.4 Å². The molecule has 2 nitrogen and oxygen atoms in total. The van der Waals surface area contributed by atoms with Crippen LogP contribution < -0.4 is 0 Å². The molecule has 0 aromatic heterocycles. The van der Waals surface area contributed by atoms with Crippen molar-refractivity contribution in [3.8, 4) is 11.1 Å². The largest absolute Gasteiger partial charge is 0.291 e. The van der Waals surface area contributed by atoms with Gasteiger partial charge in [0.25, 0.3) is 0 Å². The standard InChI is InChI=1S/C28H38O2/c1-2-3-4-5-6-7-8-9-10-11-15-18-27(29)28(30)23-24-19-21-26(22-20-24)25-16-13-12-14-17-25/h12-14,16-17,19-22H,2-11,15,18,23H2,1H3. The lowest BCUT2D eigenvalue weighted by molar-refractivity contribution is -0.136. The number of benzene rings is 2. The summed E-state index contributed by atoms with van der Waals surface area (Å²) in [6, 6.07) is 18.1. The highest BCUT2D eigenvalue weighted by molar-refractivity contribution is 6.37. The number of ketones is 2. The van der Waals surface area contributed by atoms with Gasteiger partial charge >= 0.3 is 0 Å². The number of unbranched alkanes of at least 4 members (excludes halogenated alkanes) is 10. The molecule has 30 heavy (non-hydrogen) atoms. The minimum atomic E-state index is -0.255. The molecule has 2 aromatic rings. The van der Waals surface area contributed by atoms with Crippen molar-refractivity contribution in [2.24, 2.45) is 0 Å². The van der Waals surface area contributed by atoms with Gasteiger partial charge in [0.05, 0.1) is 0 Å². The van der Waals surface area contributed by atoms with Gasteiger partial charge in [-0.2, -0.15) is 0 Å². The zero-order chi connectivity index (χ0) is 21.4. The van der Waals surface area contributed by atoms with Gasteiger partial charge in [0.2, 0.25) is 5.78 Å². The van der Waals surface area contributed by atoms with Gasteiger partial charge in [-0.1, -0.05) is 126 Å². The Balaban J connectivity index is 1.56. The first kappa shape index (κ1) is 24.1. The van der Waals surface area contributed by atoms with E-state index >= 15 is 0 Å². The van der Waals surface area contributed by atoms with Crippen LogP contribution in [0, 0.1) is 0 Å². The molecule has 2 rings (SSSR count). The van der Waals surface area contributed by atoms with E-state index in [1.807, 2.05) is 42.5 Å². The van der Waals surface area contributed by atoms with Crippen molar-refractivity contribution < 1.29 is 9.59 Å². The lowest BCUT2D eigenvalue weighted by Crippen LogP contribution is -2.16. The van der Waals surface area contributed by atoms with Crippen LogP contribution in [0.5, 0.6) is 0 Å². The highest BCUT2D eigenvalue weighted by Crippen LogP contribution is 2.19. The molecule has 0 fully saturated rings. The van der Waals surface area contributed by atoms with Gasteiger partial charge < -0.3 is 0 Å². The molecule has 162 valence electrons. The van der Waals surface area contributed by atoms with Crippen molar-refractivity contribution in [2.75, 3.05) is 0 Å². The Kier molecular flexibility index (Phi) is 11.8. The van der Waals surface area contributed by atoms with Crippen LogP contribution >= 0.6 is 0 Å². The molecular weight excluding hydrogens is 368 g/mol. The smallest absolute Gasteiger partial charge is 0.202 e. The average molecular weight is 407 g/mol. The molecule has 0 N–H and O–H groups in total. The van der Waals surface area contributed by atoms with E-state index in [1.165, 1.54) is 57.8 Å². The third-order valence-corrected chi connectivity index (χ3v) is 5.74. The maximum atomic E-state index is 12.2. The SMILES string of the molecule is CCCCCCCCCCCCCC(=O)C(=O)Cc1ccc(-c2ccccc2)cc1. The van der Waals surface area contributed by atoms with E-state index in [2.05, 4.69) is 19.1 Å². The minimum Gasteiger partial charge on any atom is -0.291 e. The van der Waals surface area contributed by atoms with Gasteiger partial charge in [-0.05, 0) is 23.1 Å². The quantitative estimate of drug-likeness (QED) is 0.211. The van der Waals surface area contributed by atoms with E-state index in [9.17, 15) is 9.59 Å². The first-order chi connectivity index (χ1) is 14.7. The lowest BCUT2D eigenvalue weighted by atomic mass is 9.99. The Morgan fingerprint density at radius 2 is 1.07 bits per heavy atom. The summed E-state index contributed by atoms with van der Waals surface area (Å²) in [6.45, 7) is 2.25. The van der Waals surface area contributed by atoms with Gasteiger partial charge in [0.15, 0.2) is 5.78 Å². The maximum absolute atomic E-state index is 12.2. The second kappa shape index (κ2) is 14.7. The van der Waals surface area contributed by atoms with Crippen LogP contribution in [-0.2, 0) is 16.0 Å². The van der Waals surface area contributed by atoms with E-state index < -0.39 is 0 Å². The van der Waals surface area contributed by atoms with E-state index in [4.69, 9.17) is 0 Å². The van der Waals surface area contributed by atoms with E-state index in [-0.39, 0.29) is 18.0 Å². The topological polar surface area (TPSA) is 34.1 Å². The third-order valence-electron chi connectivity index (χ3n) is 5.74. The fourth-order valence-corrected chi connectivity index (χ4v) is 3.82. The van der Waals surface area contributed by atoms with Crippen molar-refractivity contribution in [3.63, 3.8) is 0 Å². The molecule has 0 atom stereocenters. The minimum absolute atomic E-state index is 0.210. The van der Waals surface area contributed by atoms with Crippen LogP contribution in [0.2, 0.25) is 0 Å². The molecule has 2 aromatic carbocycles. The highest BCUT2D eigenvalue weighted by Gasteiger charge is 2.13. The maximum Gasteiger partial charge on any atom is 0.202 e. The summed E-state index contributed by atoms with van der Waals surface area (Å²) in [5.41, 5.74) is 3.19. The summed E-state index contributed by atoms with van der Waals surface area (Å²) >= 11 is 0. The fourth-order valence-electron chi connectivity index (χ4n) is 3.82. The van der Waals surface area contributed by atoms with Crippen LogP contribution in [-0.4, -0.2) is 11.6 Å². The van der Waals surface area contributed by atoms with Crippen molar-refractivity contribution >= 4 is 11.6 Å². The number of rotatable bonds is 16. The molecule has 0 unspecified atom stereocenters.